The fraction of sp³-hybridized carbons (Fsp3) is 0.405. The molecule has 11 nitrogen and oxygen atoms in total. The summed E-state index contributed by atoms with van der Waals surface area (Å²) >= 11 is 0. The van der Waals surface area contributed by atoms with Gasteiger partial charge in [0, 0.05) is 48.5 Å². The zero-order valence-electron chi connectivity index (χ0n) is 28.1. The first-order valence-corrected chi connectivity index (χ1v) is 16.0. The number of alkyl carbamates (subject to hydrolysis) is 1. The van der Waals surface area contributed by atoms with Crippen molar-refractivity contribution in [1.29, 1.82) is 0 Å². The number of hydrogen-bond donors (Lipinski definition) is 3. The third-order valence-corrected chi connectivity index (χ3v) is 8.74. The number of nitrogens with zero attached hydrogens (tertiary/aromatic N) is 2. The van der Waals surface area contributed by atoms with Crippen LogP contribution in [0.4, 0.5) is 4.79 Å². The van der Waals surface area contributed by atoms with E-state index in [1.165, 1.54) is 0 Å². The number of carboxylic acid groups (broad SMARTS) is 1. The summed E-state index contributed by atoms with van der Waals surface area (Å²) in [5.41, 5.74) is 0.887. The summed E-state index contributed by atoms with van der Waals surface area (Å²) < 4.78 is 17.6. The highest BCUT2D eigenvalue weighted by atomic mass is 16.6. The second-order valence-electron chi connectivity index (χ2n) is 13.6. The van der Waals surface area contributed by atoms with Crippen LogP contribution in [-0.4, -0.2) is 82.5 Å². The fourth-order valence-electron chi connectivity index (χ4n) is 6.09. The maximum atomic E-state index is 13.9. The third-order valence-electron chi connectivity index (χ3n) is 8.74. The van der Waals surface area contributed by atoms with Crippen molar-refractivity contribution in [1.82, 2.24) is 20.5 Å². The highest BCUT2D eigenvalue weighted by Gasteiger charge is 2.61. The molecule has 2 amide bonds. The molecule has 1 aliphatic heterocycles. The monoisotopic (exact) mass is 656 g/mol. The van der Waals surface area contributed by atoms with Crippen molar-refractivity contribution in [2.45, 2.75) is 69.9 Å². The molecule has 3 N–H and O–H groups in total. The van der Waals surface area contributed by atoms with Gasteiger partial charge in [-0.2, -0.15) is 0 Å². The summed E-state index contributed by atoms with van der Waals surface area (Å²) in [6.45, 7) is 15.5. The number of amides is 2. The van der Waals surface area contributed by atoms with Gasteiger partial charge < -0.3 is 30.0 Å². The van der Waals surface area contributed by atoms with Crippen LogP contribution in [0.25, 0.3) is 22.2 Å². The van der Waals surface area contributed by atoms with Gasteiger partial charge in [-0.15, -0.1) is 6.58 Å². The average molecular weight is 657 g/mol. The van der Waals surface area contributed by atoms with E-state index < -0.39 is 47.3 Å². The molecule has 1 saturated carbocycles. The number of carbonyl (C=O) groups is 3. The Morgan fingerprint density at radius 2 is 1.90 bits per heavy atom. The Balaban J connectivity index is 1.45. The average Bonchev–Trinajstić information content (AvgIpc) is 3.62. The second kappa shape index (κ2) is 13.7. The quantitative estimate of drug-likeness (QED) is 0.220. The number of hydrogen-bond acceptors (Lipinski definition) is 8. The van der Waals surface area contributed by atoms with E-state index >= 15 is 0 Å². The van der Waals surface area contributed by atoms with Gasteiger partial charge in [0.1, 0.15) is 28.7 Å². The Hall–Kier alpha value is -4.90. The van der Waals surface area contributed by atoms with E-state index in [9.17, 15) is 19.5 Å². The van der Waals surface area contributed by atoms with Crippen LogP contribution < -0.4 is 20.1 Å². The number of aromatic nitrogens is 1. The molecule has 1 saturated heterocycles. The number of carboxylic acids is 1. The standard InChI is InChI=1S/C37H44N4O7/c1-8-24-19-37(24,34(43)44)40-33(42)31-17-26(20-41(31)21-30(22(2)3)39-35(45)48-36(4,5)6)47-32-18-28(23-12-10-9-11-13-23)38-29-16-25(46-7)14-15-27(29)32/h8-16,18,24,26,30-31H,1-2,17,19-21H2,3-7H3,(H,39,45)(H,40,42)(H,43,44)/t24?,26-,30-,31+,37?/m1/s1. The summed E-state index contributed by atoms with van der Waals surface area (Å²) in [6.07, 6.45) is 1.04. The van der Waals surface area contributed by atoms with Gasteiger partial charge in [0.25, 0.3) is 0 Å². The first-order chi connectivity index (χ1) is 22.7. The molecule has 0 spiro atoms. The zero-order valence-corrected chi connectivity index (χ0v) is 28.1. The fourth-order valence-corrected chi connectivity index (χ4v) is 6.09. The van der Waals surface area contributed by atoms with E-state index in [1.54, 1.807) is 40.9 Å². The maximum Gasteiger partial charge on any atom is 0.408 e. The van der Waals surface area contributed by atoms with Crippen LogP contribution >= 0.6 is 0 Å². The van der Waals surface area contributed by atoms with Crippen molar-refractivity contribution in [2.24, 2.45) is 5.92 Å². The van der Waals surface area contributed by atoms with Crippen LogP contribution in [0.1, 0.15) is 40.5 Å². The predicted octanol–water partition coefficient (Wildman–Crippen LogP) is 5.35. The molecule has 2 heterocycles. The van der Waals surface area contributed by atoms with Crippen LogP contribution in [0.5, 0.6) is 11.5 Å². The molecule has 48 heavy (non-hydrogen) atoms. The smallest absolute Gasteiger partial charge is 0.408 e. The number of rotatable bonds is 12. The number of methoxy groups -OCH3 is 1. The minimum Gasteiger partial charge on any atom is -0.497 e. The molecule has 2 aliphatic rings. The van der Waals surface area contributed by atoms with Gasteiger partial charge in [-0.05, 0) is 46.2 Å². The largest absolute Gasteiger partial charge is 0.497 e. The van der Waals surface area contributed by atoms with E-state index in [2.05, 4.69) is 23.8 Å². The van der Waals surface area contributed by atoms with E-state index in [0.717, 1.165) is 10.9 Å². The SMILES string of the molecule is C=CC1CC1(NC(=O)[C@@H]1C[C@@H](Oc2cc(-c3ccccc3)nc3cc(OC)ccc23)CN1C[C@@H](NC(=O)OC(C)(C)C)C(=C)C)C(=O)O. The zero-order chi connectivity index (χ0) is 34.8. The Labute approximate surface area is 281 Å². The minimum absolute atomic E-state index is 0.223. The Morgan fingerprint density at radius 1 is 1.17 bits per heavy atom. The predicted molar refractivity (Wildman–Crippen MR) is 183 cm³/mol. The number of benzene rings is 2. The number of carbonyl (C=O) groups excluding carboxylic acids is 2. The molecule has 0 radical (unpaired) electrons. The van der Waals surface area contributed by atoms with Crippen molar-refractivity contribution in [3.8, 4) is 22.8 Å². The molecular weight excluding hydrogens is 612 g/mol. The highest BCUT2D eigenvalue weighted by molar-refractivity contribution is 5.93. The van der Waals surface area contributed by atoms with E-state index in [1.807, 2.05) is 59.5 Å². The molecule has 254 valence electrons. The van der Waals surface area contributed by atoms with Crippen molar-refractivity contribution >= 4 is 28.9 Å². The number of fused-ring (bicyclic) bond motifs is 1. The number of aliphatic carboxylic acids is 1. The number of ether oxygens (including phenoxy) is 3. The molecule has 11 heteroatoms. The van der Waals surface area contributed by atoms with Gasteiger partial charge in [-0.3, -0.25) is 9.69 Å². The molecule has 2 unspecified atom stereocenters. The van der Waals surface area contributed by atoms with Gasteiger partial charge >= 0.3 is 12.1 Å². The van der Waals surface area contributed by atoms with Crippen LogP contribution in [0, 0.1) is 5.92 Å². The molecule has 5 atom stereocenters. The topological polar surface area (TPSA) is 139 Å². The Kier molecular flexibility index (Phi) is 9.81. The number of pyridine rings is 1. The summed E-state index contributed by atoms with van der Waals surface area (Å²) in [5.74, 6) is -0.652. The van der Waals surface area contributed by atoms with Crippen LogP contribution in [0.15, 0.2) is 79.4 Å². The number of nitrogens with one attached hydrogen (secondary N) is 2. The second-order valence-corrected chi connectivity index (χ2v) is 13.6. The molecular formula is C37H44N4O7. The summed E-state index contributed by atoms with van der Waals surface area (Å²) in [5, 5.41) is 16.4. The van der Waals surface area contributed by atoms with E-state index in [4.69, 9.17) is 19.2 Å². The lowest BCUT2D eigenvalue weighted by atomic mass is 10.1. The molecule has 1 aliphatic carbocycles. The highest BCUT2D eigenvalue weighted by Crippen LogP contribution is 2.45. The summed E-state index contributed by atoms with van der Waals surface area (Å²) in [4.78, 5) is 45.6. The normalized spacial score (nSPS) is 22.7. The Morgan fingerprint density at radius 3 is 2.50 bits per heavy atom. The van der Waals surface area contributed by atoms with Gasteiger partial charge in [0.2, 0.25) is 5.91 Å². The molecule has 2 fully saturated rings. The molecule has 3 aromatic rings. The van der Waals surface area contributed by atoms with Crippen molar-refractivity contribution < 1.29 is 33.7 Å². The summed E-state index contributed by atoms with van der Waals surface area (Å²) in [7, 11) is 1.60. The van der Waals surface area contributed by atoms with Crippen molar-refractivity contribution in [2.75, 3.05) is 20.2 Å². The summed E-state index contributed by atoms with van der Waals surface area (Å²) in [6, 6.07) is 15.9. The van der Waals surface area contributed by atoms with E-state index in [0.29, 0.717) is 34.8 Å². The first kappa shape index (κ1) is 34.4. The third kappa shape index (κ3) is 7.62. The lowest BCUT2D eigenvalue weighted by molar-refractivity contribution is -0.144. The van der Waals surface area contributed by atoms with Crippen molar-refractivity contribution in [3.63, 3.8) is 0 Å². The van der Waals surface area contributed by atoms with E-state index in [-0.39, 0.29) is 25.3 Å². The Bertz CT molecular complexity index is 1720. The minimum atomic E-state index is -1.39. The lowest BCUT2D eigenvalue weighted by Crippen LogP contribution is -2.54. The van der Waals surface area contributed by atoms with Crippen LogP contribution in [0.3, 0.4) is 0 Å². The lowest BCUT2D eigenvalue weighted by Gasteiger charge is -2.30. The van der Waals surface area contributed by atoms with Gasteiger partial charge in [0.15, 0.2) is 0 Å². The van der Waals surface area contributed by atoms with Gasteiger partial charge in [-0.1, -0.05) is 48.6 Å². The van der Waals surface area contributed by atoms with Gasteiger partial charge in [-0.25, -0.2) is 14.6 Å². The number of likely N-dealkylation sites (tertiary alicyclic amines) is 1. The molecule has 2 aromatic carbocycles. The van der Waals surface area contributed by atoms with Gasteiger partial charge in [0.05, 0.1) is 30.4 Å². The first-order valence-electron chi connectivity index (χ1n) is 16.0. The molecule has 0 bridgehead atoms. The molecule has 1 aromatic heterocycles. The van der Waals surface area contributed by atoms with Crippen LogP contribution in [-0.2, 0) is 14.3 Å². The van der Waals surface area contributed by atoms with Crippen molar-refractivity contribution in [3.05, 3.63) is 79.4 Å². The van der Waals surface area contributed by atoms with Crippen LogP contribution in [0.2, 0.25) is 0 Å². The maximum absolute atomic E-state index is 13.9. The molecule has 5 rings (SSSR count).